The Hall–Kier alpha value is -0.630. The van der Waals surface area contributed by atoms with E-state index in [2.05, 4.69) is 35.8 Å². The first-order valence-electron chi connectivity index (χ1n) is 5.95. The SMILES string of the molecule is CCCCCC(C)c1ccccc1C(=O)Br. The van der Waals surface area contributed by atoms with Gasteiger partial charge in [0, 0.05) is 5.56 Å². The van der Waals surface area contributed by atoms with Gasteiger partial charge < -0.3 is 0 Å². The summed E-state index contributed by atoms with van der Waals surface area (Å²) in [4.78, 5) is 11.4. The first-order chi connectivity index (χ1) is 7.66. The molecule has 0 radical (unpaired) electrons. The van der Waals surface area contributed by atoms with Crippen molar-refractivity contribution in [1.82, 2.24) is 0 Å². The van der Waals surface area contributed by atoms with E-state index in [1.807, 2.05) is 18.2 Å². The van der Waals surface area contributed by atoms with E-state index in [-0.39, 0.29) is 4.69 Å². The Morgan fingerprint density at radius 1 is 1.31 bits per heavy atom. The van der Waals surface area contributed by atoms with Crippen LogP contribution in [0, 0.1) is 0 Å². The number of benzene rings is 1. The number of carbonyl (C=O) groups is 1. The summed E-state index contributed by atoms with van der Waals surface area (Å²) < 4.78 is -0.00885. The fourth-order valence-electron chi connectivity index (χ4n) is 1.96. The van der Waals surface area contributed by atoms with Crippen LogP contribution < -0.4 is 0 Å². The lowest BCUT2D eigenvalue weighted by Crippen LogP contribution is -2.01. The van der Waals surface area contributed by atoms with E-state index in [0.29, 0.717) is 5.92 Å². The molecule has 1 unspecified atom stereocenters. The topological polar surface area (TPSA) is 17.1 Å². The van der Waals surface area contributed by atoms with Crippen molar-refractivity contribution in [2.24, 2.45) is 0 Å². The Morgan fingerprint density at radius 3 is 2.62 bits per heavy atom. The molecular weight excluding hydrogens is 264 g/mol. The predicted octanol–water partition coefficient (Wildman–Crippen LogP) is 4.91. The van der Waals surface area contributed by atoms with Gasteiger partial charge in [-0.1, -0.05) is 57.4 Å². The second-order valence-corrected chi connectivity index (χ2v) is 4.98. The van der Waals surface area contributed by atoms with E-state index in [0.717, 1.165) is 12.0 Å². The molecule has 0 aliphatic rings. The van der Waals surface area contributed by atoms with Crippen LogP contribution >= 0.6 is 15.9 Å². The second kappa shape index (κ2) is 6.85. The summed E-state index contributed by atoms with van der Waals surface area (Å²) in [5.41, 5.74) is 1.98. The van der Waals surface area contributed by atoms with Gasteiger partial charge >= 0.3 is 0 Å². The first-order valence-corrected chi connectivity index (χ1v) is 6.74. The molecule has 16 heavy (non-hydrogen) atoms. The smallest absolute Gasteiger partial charge is 0.228 e. The molecule has 1 nitrogen and oxygen atoms in total. The van der Waals surface area contributed by atoms with Crippen LogP contribution in [-0.2, 0) is 0 Å². The van der Waals surface area contributed by atoms with E-state index >= 15 is 0 Å². The molecule has 0 aromatic heterocycles. The minimum atomic E-state index is -0.00885. The van der Waals surface area contributed by atoms with Gasteiger partial charge in [-0.25, -0.2) is 0 Å². The summed E-state index contributed by atoms with van der Waals surface area (Å²) >= 11 is 3.04. The van der Waals surface area contributed by atoms with Crippen molar-refractivity contribution in [3.05, 3.63) is 35.4 Å². The second-order valence-electron chi connectivity index (χ2n) is 4.26. The number of carbonyl (C=O) groups excluding carboxylic acids is 1. The van der Waals surface area contributed by atoms with Gasteiger partial charge in [-0.05, 0) is 33.8 Å². The normalized spacial score (nSPS) is 12.4. The highest BCUT2D eigenvalue weighted by Crippen LogP contribution is 2.26. The standard InChI is InChI=1S/C14H19BrO/c1-3-4-5-8-11(2)12-9-6-7-10-13(12)14(15)16/h6-7,9-11H,3-5,8H2,1-2H3. The molecule has 0 saturated carbocycles. The summed E-state index contributed by atoms with van der Waals surface area (Å²) in [5.74, 6) is 0.462. The number of unbranched alkanes of at least 4 members (excludes halogenated alkanes) is 2. The summed E-state index contributed by atoms with van der Waals surface area (Å²) in [5, 5.41) is 0. The molecule has 0 spiro atoms. The predicted molar refractivity (Wildman–Crippen MR) is 72.3 cm³/mol. The molecule has 0 saturated heterocycles. The maximum Gasteiger partial charge on any atom is 0.228 e. The Morgan fingerprint density at radius 2 is 2.00 bits per heavy atom. The fraction of sp³-hybridized carbons (Fsp3) is 0.500. The molecule has 0 bridgehead atoms. The maximum absolute atomic E-state index is 11.4. The van der Waals surface area contributed by atoms with Gasteiger partial charge in [0.15, 0.2) is 0 Å². The highest BCUT2D eigenvalue weighted by molar-refractivity contribution is 9.18. The van der Waals surface area contributed by atoms with Crippen molar-refractivity contribution < 1.29 is 4.79 Å². The number of hydrogen-bond donors (Lipinski definition) is 0. The number of rotatable bonds is 6. The fourth-order valence-corrected chi connectivity index (χ4v) is 2.32. The minimum Gasteiger partial charge on any atom is -0.281 e. The van der Waals surface area contributed by atoms with Crippen molar-refractivity contribution in [1.29, 1.82) is 0 Å². The van der Waals surface area contributed by atoms with Crippen molar-refractivity contribution in [2.45, 2.75) is 45.4 Å². The molecule has 1 aromatic rings. The summed E-state index contributed by atoms with van der Waals surface area (Å²) in [6.45, 7) is 4.41. The van der Waals surface area contributed by atoms with Gasteiger partial charge in [-0.3, -0.25) is 4.79 Å². The van der Waals surface area contributed by atoms with Gasteiger partial charge in [-0.2, -0.15) is 0 Å². The van der Waals surface area contributed by atoms with E-state index < -0.39 is 0 Å². The average Bonchev–Trinajstić information content (AvgIpc) is 2.29. The highest BCUT2D eigenvalue weighted by Gasteiger charge is 2.13. The van der Waals surface area contributed by atoms with Gasteiger partial charge in [0.05, 0.1) is 0 Å². The summed E-state index contributed by atoms with van der Waals surface area (Å²) in [6, 6.07) is 7.87. The molecule has 0 aliphatic heterocycles. The molecule has 0 heterocycles. The third kappa shape index (κ3) is 3.75. The zero-order chi connectivity index (χ0) is 12.0. The monoisotopic (exact) mass is 282 g/mol. The van der Waals surface area contributed by atoms with Crippen molar-refractivity contribution in [3.8, 4) is 0 Å². The van der Waals surface area contributed by atoms with Crippen LogP contribution in [0.25, 0.3) is 0 Å². The van der Waals surface area contributed by atoms with Gasteiger partial charge in [-0.15, -0.1) is 0 Å². The van der Waals surface area contributed by atoms with Crippen LogP contribution in [0.5, 0.6) is 0 Å². The van der Waals surface area contributed by atoms with E-state index in [4.69, 9.17) is 0 Å². The molecule has 0 fully saturated rings. The highest BCUT2D eigenvalue weighted by atomic mass is 79.9. The maximum atomic E-state index is 11.4. The van der Waals surface area contributed by atoms with Crippen LogP contribution in [0.2, 0.25) is 0 Å². The number of halogens is 1. The van der Waals surface area contributed by atoms with Gasteiger partial charge in [0.25, 0.3) is 0 Å². The summed E-state index contributed by atoms with van der Waals surface area (Å²) in [7, 11) is 0. The Bertz CT molecular complexity index is 346. The van der Waals surface area contributed by atoms with Crippen molar-refractivity contribution >= 4 is 20.6 Å². The molecule has 0 amide bonds. The molecular formula is C14H19BrO. The molecule has 0 aliphatic carbocycles. The lowest BCUT2D eigenvalue weighted by molar-refractivity contribution is 0.109. The molecule has 1 atom stereocenters. The van der Waals surface area contributed by atoms with E-state index in [1.165, 1.54) is 24.8 Å². The van der Waals surface area contributed by atoms with E-state index in [9.17, 15) is 4.79 Å². The minimum absolute atomic E-state index is 0.00885. The summed E-state index contributed by atoms with van der Waals surface area (Å²) in [6.07, 6.45) is 4.91. The lowest BCUT2D eigenvalue weighted by Gasteiger charge is -2.14. The van der Waals surface area contributed by atoms with Crippen LogP contribution in [0.3, 0.4) is 0 Å². The van der Waals surface area contributed by atoms with E-state index in [1.54, 1.807) is 0 Å². The van der Waals surface area contributed by atoms with Crippen LogP contribution in [0.4, 0.5) is 0 Å². The Balaban J connectivity index is 2.74. The van der Waals surface area contributed by atoms with Crippen LogP contribution in [0.1, 0.15) is 61.4 Å². The average molecular weight is 283 g/mol. The molecule has 1 aromatic carbocycles. The number of hydrogen-bond acceptors (Lipinski definition) is 1. The van der Waals surface area contributed by atoms with Gasteiger partial charge in [0.2, 0.25) is 4.69 Å². The third-order valence-corrected chi connectivity index (χ3v) is 3.37. The Labute approximate surface area is 106 Å². The zero-order valence-electron chi connectivity index (χ0n) is 10.0. The lowest BCUT2D eigenvalue weighted by atomic mass is 9.92. The first kappa shape index (κ1) is 13.4. The van der Waals surface area contributed by atoms with Crippen molar-refractivity contribution in [3.63, 3.8) is 0 Å². The van der Waals surface area contributed by atoms with Gasteiger partial charge in [0.1, 0.15) is 0 Å². The molecule has 88 valence electrons. The quantitative estimate of drug-likeness (QED) is 0.535. The zero-order valence-corrected chi connectivity index (χ0v) is 11.6. The van der Waals surface area contributed by atoms with Crippen LogP contribution in [0.15, 0.2) is 24.3 Å². The van der Waals surface area contributed by atoms with Crippen molar-refractivity contribution in [2.75, 3.05) is 0 Å². The Kier molecular flexibility index (Phi) is 5.75. The third-order valence-electron chi connectivity index (χ3n) is 2.94. The molecule has 1 rings (SSSR count). The largest absolute Gasteiger partial charge is 0.281 e. The molecule has 2 heteroatoms. The van der Waals surface area contributed by atoms with Crippen LogP contribution in [-0.4, -0.2) is 4.69 Å². The molecule has 0 N–H and O–H groups in total.